The van der Waals surface area contributed by atoms with Crippen LogP contribution in [0.1, 0.15) is 40.5 Å². The SMILES string of the molecule is CCC(C)S(C(C)CC)=P([O-])([O-])[S-].[Na+].[Na+].[Na+]. The summed E-state index contributed by atoms with van der Waals surface area (Å²) < 4.78 is 0. The van der Waals surface area contributed by atoms with Crippen LogP contribution >= 0.6 is 5.69 Å². The maximum Gasteiger partial charge on any atom is 1.00 e. The Morgan fingerprint density at radius 1 is 1.00 bits per heavy atom. The van der Waals surface area contributed by atoms with Crippen molar-refractivity contribution in [1.29, 1.82) is 0 Å². The molecule has 0 fully saturated rings. The van der Waals surface area contributed by atoms with Crippen LogP contribution in [0.3, 0.4) is 0 Å². The summed E-state index contributed by atoms with van der Waals surface area (Å²) >= 11 is 4.60. The molecule has 2 atom stereocenters. The maximum atomic E-state index is 11.4. The van der Waals surface area contributed by atoms with E-state index in [0.29, 0.717) is 0 Å². The van der Waals surface area contributed by atoms with E-state index in [0.717, 1.165) is 12.8 Å². The standard InChI is InChI=1S/C8H18O2PS2.3Na/c1-5-7(3)13(8(4)6-2)11(9,10)12;;;/h7-8H,5-6H2,1-4H3;;;/q-3;3*+1. The van der Waals surface area contributed by atoms with Gasteiger partial charge in [-0.1, -0.05) is 27.7 Å². The van der Waals surface area contributed by atoms with Gasteiger partial charge in [-0.2, -0.15) is 0 Å². The van der Waals surface area contributed by atoms with Crippen molar-refractivity contribution in [3.05, 3.63) is 0 Å². The van der Waals surface area contributed by atoms with Gasteiger partial charge in [0.25, 0.3) is 0 Å². The fourth-order valence-corrected chi connectivity index (χ4v) is 9.72. The van der Waals surface area contributed by atoms with Gasteiger partial charge < -0.3 is 27.7 Å². The molecule has 0 aromatic heterocycles. The molecule has 2 nitrogen and oxygen atoms in total. The Morgan fingerprint density at radius 2 is 1.25 bits per heavy atom. The first kappa shape index (κ1) is 28.2. The van der Waals surface area contributed by atoms with Crippen molar-refractivity contribution in [2.75, 3.05) is 0 Å². The van der Waals surface area contributed by atoms with Gasteiger partial charge in [-0.3, -0.25) is 0 Å². The zero-order chi connectivity index (χ0) is 10.6. The van der Waals surface area contributed by atoms with Crippen molar-refractivity contribution >= 4 is 28.0 Å². The topological polar surface area (TPSA) is 46.1 Å². The van der Waals surface area contributed by atoms with Crippen molar-refractivity contribution in [1.82, 2.24) is 0 Å². The molecule has 2 unspecified atom stereocenters. The molecule has 0 aromatic rings. The molecule has 82 valence electrons. The molecule has 0 rings (SSSR count). The molecule has 0 saturated carbocycles. The third kappa shape index (κ3) is 10.8. The van der Waals surface area contributed by atoms with Crippen molar-refractivity contribution in [3.8, 4) is 0 Å². The molecular weight excluding hydrogens is 292 g/mol. The molecule has 0 saturated heterocycles. The van der Waals surface area contributed by atoms with Crippen molar-refractivity contribution in [2.24, 2.45) is 0 Å². The smallest absolute Gasteiger partial charge is 0.854 e. The largest absolute Gasteiger partial charge is 1.00 e. The van der Waals surface area contributed by atoms with Crippen LogP contribution in [0, 0.1) is 0 Å². The Hall–Kier alpha value is 4.05. The van der Waals surface area contributed by atoms with Gasteiger partial charge in [0.15, 0.2) is 0 Å². The Labute approximate surface area is 174 Å². The fraction of sp³-hybridized carbons (Fsp3) is 1.00. The second-order valence-corrected chi connectivity index (χ2v) is 11.3. The Balaban J connectivity index is -0.000000240. The van der Waals surface area contributed by atoms with Crippen LogP contribution in [0.4, 0.5) is 0 Å². The third-order valence-corrected chi connectivity index (χ3v) is 10.3. The molecule has 0 aliphatic heterocycles. The molecule has 16 heavy (non-hydrogen) atoms. The number of hydrogen-bond donors (Lipinski definition) is 0. The predicted octanol–water partition coefficient (Wildman–Crippen LogP) is -7.84. The molecule has 0 bridgehead atoms. The van der Waals surface area contributed by atoms with Crippen LogP contribution in [0.15, 0.2) is 0 Å². The second kappa shape index (κ2) is 14.0. The van der Waals surface area contributed by atoms with E-state index < -0.39 is 15.8 Å². The minimum absolute atomic E-state index is 0. The van der Waals surface area contributed by atoms with Crippen molar-refractivity contribution < 1.29 is 98.5 Å². The van der Waals surface area contributed by atoms with Crippen LogP contribution < -0.4 is 98.5 Å². The van der Waals surface area contributed by atoms with E-state index >= 15 is 0 Å². The molecule has 0 aliphatic rings. The van der Waals surface area contributed by atoms with Crippen molar-refractivity contribution in [3.63, 3.8) is 0 Å². The summed E-state index contributed by atoms with van der Waals surface area (Å²) in [4.78, 5) is 22.8. The molecule has 0 amide bonds. The summed E-state index contributed by atoms with van der Waals surface area (Å²) in [5.41, 5.74) is -3.56. The van der Waals surface area contributed by atoms with Crippen LogP contribution in [-0.4, -0.2) is 10.5 Å². The normalized spacial score (nSPS) is 15.9. The van der Waals surface area contributed by atoms with Gasteiger partial charge >= 0.3 is 88.7 Å². The summed E-state index contributed by atoms with van der Waals surface area (Å²) in [6.45, 7) is 7.98. The molecule has 0 radical (unpaired) electrons. The second-order valence-electron chi connectivity index (χ2n) is 3.23. The summed E-state index contributed by atoms with van der Waals surface area (Å²) in [6.07, 6.45) is 1.77. The van der Waals surface area contributed by atoms with Gasteiger partial charge in [0, 0.05) is 0 Å². The third-order valence-electron chi connectivity index (χ3n) is 2.23. The van der Waals surface area contributed by atoms with E-state index in [2.05, 4.69) is 12.2 Å². The Bertz CT molecular complexity index is 203. The van der Waals surface area contributed by atoms with Crippen molar-refractivity contribution in [2.45, 2.75) is 51.0 Å². The molecule has 0 heterocycles. The van der Waals surface area contributed by atoms with Gasteiger partial charge in [0.05, 0.1) is 0 Å². The van der Waals surface area contributed by atoms with E-state index in [4.69, 9.17) is 0 Å². The first-order valence-corrected chi connectivity index (χ1v) is 9.18. The first-order valence-electron chi connectivity index (χ1n) is 4.59. The van der Waals surface area contributed by atoms with E-state index in [1.165, 1.54) is 0 Å². The van der Waals surface area contributed by atoms with Gasteiger partial charge in [0.2, 0.25) is 0 Å². The van der Waals surface area contributed by atoms with Crippen LogP contribution in [0.5, 0.6) is 0 Å². The van der Waals surface area contributed by atoms with Gasteiger partial charge in [-0.25, -0.2) is 10.1 Å². The molecule has 0 N–H and O–H groups in total. The summed E-state index contributed by atoms with van der Waals surface area (Å²) in [7, 11) is -0.617. The summed E-state index contributed by atoms with van der Waals surface area (Å²) in [5.74, 6) is 0. The zero-order valence-corrected chi connectivity index (χ0v) is 20.2. The van der Waals surface area contributed by atoms with Crippen LogP contribution in [-0.2, 0) is 22.3 Å². The Morgan fingerprint density at radius 3 is 1.38 bits per heavy atom. The molecule has 0 spiro atoms. The predicted molar refractivity (Wildman–Crippen MR) is 61.2 cm³/mol. The summed E-state index contributed by atoms with van der Waals surface area (Å²) in [6, 6.07) is 0. The molecule has 8 heteroatoms. The maximum absolute atomic E-state index is 11.4. The van der Waals surface area contributed by atoms with E-state index in [1.54, 1.807) is 0 Å². The van der Waals surface area contributed by atoms with E-state index in [1.807, 2.05) is 27.7 Å². The number of hydrogen-bond acceptors (Lipinski definition) is 3. The first-order chi connectivity index (χ1) is 5.84. The molecule has 0 aliphatic carbocycles. The molecule has 0 aromatic carbocycles. The van der Waals surface area contributed by atoms with Crippen LogP contribution in [0.25, 0.3) is 0 Å². The van der Waals surface area contributed by atoms with E-state index in [-0.39, 0.29) is 99.2 Å². The number of rotatable bonds is 4. The minimum atomic E-state index is -3.56. The molecular formula is C8H18Na3O2PS2. The van der Waals surface area contributed by atoms with E-state index in [9.17, 15) is 9.79 Å². The Kier molecular flexibility index (Phi) is 24.7. The quantitative estimate of drug-likeness (QED) is 0.294. The minimum Gasteiger partial charge on any atom is -0.854 e. The van der Waals surface area contributed by atoms with Gasteiger partial charge in [0.1, 0.15) is 0 Å². The zero-order valence-electron chi connectivity index (χ0n) is 11.6. The average Bonchev–Trinajstić information content (AvgIpc) is 2.01. The summed E-state index contributed by atoms with van der Waals surface area (Å²) in [5, 5.41) is 0.409. The monoisotopic (exact) mass is 310 g/mol. The van der Waals surface area contributed by atoms with Gasteiger partial charge in [-0.05, 0) is 23.3 Å². The average molecular weight is 310 g/mol. The fourth-order valence-electron chi connectivity index (χ4n) is 1.18. The van der Waals surface area contributed by atoms with Gasteiger partial charge in [-0.15, -0.1) is 0 Å². The van der Waals surface area contributed by atoms with Crippen LogP contribution in [0.2, 0.25) is 0 Å².